The van der Waals surface area contributed by atoms with Gasteiger partial charge in [-0.1, -0.05) is 59.3 Å². The maximum absolute atomic E-state index is 6.07. The highest BCUT2D eigenvalue weighted by Crippen LogP contribution is 2.36. The van der Waals surface area contributed by atoms with Crippen LogP contribution in [-0.2, 0) is 6.61 Å². The van der Waals surface area contributed by atoms with Crippen LogP contribution in [0.5, 0.6) is 5.75 Å². The minimum Gasteiger partial charge on any atom is -0.485 e. The van der Waals surface area contributed by atoms with Crippen molar-refractivity contribution in [2.24, 2.45) is 0 Å². The van der Waals surface area contributed by atoms with E-state index in [0.29, 0.717) is 12.4 Å². The largest absolute Gasteiger partial charge is 0.485 e. The number of benzene rings is 3. The lowest BCUT2D eigenvalue weighted by atomic mass is 10.1. The van der Waals surface area contributed by atoms with Crippen LogP contribution in [0.15, 0.2) is 83.4 Å². The first-order valence-corrected chi connectivity index (χ1v) is 10.2. The average Bonchev–Trinajstić information content (AvgIpc) is 3.40. The molecule has 5 heteroatoms. The molecule has 5 rings (SSSR count). The molecule has 0 spiro atoms. The van der Waals surface area contributed by atoms with Gasteiger partial charge in [-0.25, -0.2) is 4.98 Å². The van der Waals surface area contributed by atoms with E-state index in [1.54, 1.807) is 11.3 Å². The van der Waals surface area contributed by atoms with Crippen LogP contribution in [0.4, 0.5) is 0 Å². The summed E-state index contributed by atoms with van der Waals surface area (Å²) >= 11 is 1.66. The van der Waals surface area contributed by atoms with Crippen LogP contribution in [0.25, 0.3) is 32.0 Å². The maximum atomic E-state index is 6.07. The molecule has 0 saturated heterocycles. The lowest BCUT2D eigenvalue weighted by Crippen LogP contribution is -1.95. The molecule has 29 heavy (non-hydrogen) atoms. The highest BCUT2D eigenvalue weighted by Gasteiger charge is 2.13. The fraction of sp³-hybridized carbons (Fsp3) is 0.0833. The Bertz CT molecular complexity index is 1240. The van der Waals surface area contributed by atoms with Gasteiger partial charge in [-0.05, 0) is 31.2 Å². The highest BCUT2D eigenvalue weighted by atomic mass is 32.1. The lowest BCUT2D eigenvalue weighted by molar-refractivity contribution is 0.250. The molecule has 0 N–H and O–H groups in total. The molecule has 0 bridgehead atoms. The molecule has 4 nitrogen and oxygen atoms in total. The average molecular weight is 398 g/mol. The van der Waals surface area contributed by atoms with E-state index < -0.39 is 0 Å². The molecule has 0 radical (unpaired) electrons. The van der Waals surface area contributed by atoms with Gasteiger partial charge in [0.1, 0.15) is 23.1 Å². The monoisotopic (exact) mass is 398 g/mol. The van der Waals surface area contributed by atoms with Gasteiger partial charge in [-0.15, -0.1) is 11.3 Å². The van der Waals surface area contributed by atoms with Gasteiger partial charge in [0.05, 0.1) is 15.8 Å². The van der Waals surface area contributed by atoms with Gasteiger partial charge >= 0.3 is 0 Å². The molecular formula is C24H18N2O2S. The van der Waals surface area contributed by atoms with Gasteiger partial charge in [-0.3, -0.25) is 0 Å². The summed E-state index contributed by atoms with van der Waals surface area (Å²) < 4.78 is 12.7. The molecule has 142 valence electrons. The molecule has 0 aliphatic carbocycles. The van der Waals surface area contributed by atoms with Crippen molar-refractivity contribution in [3.8, 4) is 27.6 Å². The van der Waals surface area contributed by atoms with Gasteiger partial charge in [0.15, 0.2) is 5.76 Å². The normalized spacial score (nSPS) is 11.1. The third kappa shape index (κ3) is 3.65. The van der Waals surface area contributed by atoms with Gasteiger partial charge in [0, 0.05) is 11.6 Å². The molecule has 0 amide bonds. The summed E-state index contributed by atoms with van der Waals surface area (Å²) in [4.78, 5) is 4.75. The fourth-order valence-corrected chi connectivity index (χ4v) is 4.14. The van der Waals surface area contributed by atoms with Crippen molar-refractivity contribution in [1.82, 2.24) is 10.1 Å². The highest BCUT2D eigenvalue weighted by molar-refractivity contribution is 7.21. The second-order valence-corrected chi connectivity index (χ2v) is 7.85. The topological polar surface area (TPSA) is 48.2 Å². The van der Waals surface area contributed by atoms with Crippen LogP contribution in [0.1, 0.15) is 11.3 Å². The summed E-state index contributed by atoms with van der Waals surface area (Å²) in [6, 6.07) is 26.2. The lowest BCUT2D eigenvalue weighted by Gasteiger charge is -2.08. The van der Waals surface area contributed by atoms with E-state index in [9.17, 15) is 0 Å². The van der Waals surface area contributed by atoms with Gasteiger partial charge in [0.2, 0.25) is 0 Å². The number of ether oxygens (including phenoxy) is 1. The number of hydrogen-bond acceptors (Lipinski definition) is 5. The summed E-state index contributed by atoms with van der Waals surface area (Å²) in [7, 11) is 0. The first-order chi connectivity index (χ1) is 14.3. The zero-order valence-corrected chi connectivity index (χ0v) is 16.6. The maximum Gasteiger partial charge on any atom is 0.174 e. The van der Waals surface area contributed by atoms with Gasteiger partial charge < -0.3 is 9.26 Å². The molecule has 0 aliphatic rings. The molecule has 3 aromatic carbocycles. The number of nitrogens with zero attached hydrogens (tertiary/aromatic N) is 2. The van der Waals surface area contributed by atoms with E-state index >= 15 is 0 Å². The Hall–Kier alpha value is -3.44. The Morgan fingerprint density at radius 3 is 2.59 bits per heavy atom. The van der Waals surface area contributed by atoms with E-state index in [4.69, 9.17) is 14.2 Å². The second-order valence-electron chi connectivity index (χ2n) is 6.82. The first kappa shape index (κ1) is 17.6. The van der Waals surface area contributed by atoms with Crippen LogP contribution < -0.4 is 4.74 Å². The molecule has 2 heterocycles. The third-order valence-corrected chi connectivity index (χ3v) is 5.76. The molecule has 2 aromatic heterocycles. The number of aryl methyl sites for hydroxylation is 1. The number of fused-ring (bicyclic) bond motifs is 1. The van der Waals surface area contributed by atoms with Crippen molar-refractivity contribution in [1.29, 1.82) is 0 Å². The molecule has 5 aromatic rings. The molecular weight excluding hydrogens is 380 g/mol. The summed E-state index contributed by atoms with van der Waals surface area (Å²) in [5.74, 6) is 1.46. The minimum absolute atomic E-state index is 0.306. The van der Waals surface area contributed by atoms with Gasteiger partial charge in [-0.2, -0.15) is 0 Å². The van der Waals surface area contributed by atoms with Crippen molar-refractivity contribution in [2.75, 3.05) is 0 Å². The minimum atomic E-state index is 0.306. The predicted octanol–water partition coefficient (Wildman–Crippen LogP) is 6.51. The number of hydrogen-bond donors (Lipinski definition) is 0. The van der Waals surface area contributed by atoms with Crippen molar-refractivity contribution >= 4 is 21.6 Å². The molecule has 0 unspecified atom stereocenters. The third-order valence-electron chi connectivity index (χ3n) is 4.69. The Balaban J connectivity index is 1.37. The molecule has 0 saturated carbocycles. The van der Waals surface area contributed by atoms with Crippen molar-refractivity contribution < 1.29 is 9.26 Å². The fourth-order valence-electron chi connectivity index (χ4n) is 3.15. The Labute approximate surface area is 172 Å². The molecule has 0 fully saturated rings. The van der Waals surface area contributed by atoms with E-state index in [-0.39, 0.29) is 0 Å². The Morgan fingerprint density at radius 1 is 0.931 bits per heavy atom. The summed E-state index contributed by atoms with van der Waals surface area (Å²) in [5, 5.41) is 5.12. The zero-order valence-electron chi connectivity index (χ0n) is 15.8. The number of rotatable bonds is 5. The summed E-state index contributed by atoms with van der Waals surface area (Å²) in [5.41, 5.74) is 5.03. The predicted molar refractivity (Wildman–Crippen MR) is 116 cm³/mol. The van der Waals surface area contributed by atoms with Crippen LogP contribution >= 0.6 is 11.3 Å². The zero-order chi connectivity index (χ0) is 19.6. The van der Waals surface area contributed by atoms with E-state index in [1.165, 1.54) is 5.56 Å². The second kappa shape index (κ2) is 7.53. The Morgan fingerprint density at radius 2 is 1.72 bits per heavy atom. The quantitative estimate of drug-likeness (QED) is 0.339. The van der Waals surface area contributed by atoms with E-state index in [0.717, 1.165) is 37.8 Å². The number of thiazole rings is 1. The van der Waals surface area contributed by atoms with Crippen LogP contribution in [-0.4, -0.2) is 10.1 Å². The first-order valence-electron chi connectivity index (χ1n) is 9.37. The van der Waals surface area contributed by atoms with Crippen molar-refractivity contribution in [2.45, 2.75) is 13.5 Å². The number of aromatic nitrogens is 2. The van der Waals surface area contributed by atoms with Crippen LogP contribution in [0.3, 0.4) is 0 Å². The molecule has 0 aliphatic heterocycles. The molecule has 0 atom stereocenters. The summed E-state index contributed by atoms with van der Waals surface area (Å²) in [6.07, 6.45) is 0. The SMILES string of the molecule is Cc1ccc(-c2cc(COc3ccccc3-c3nc4ccccc4s3)on2)cc1. The smallest absolute Gasteiger partial charge is 0.174 e. The van der Waals surface area contributed by atoms with Gasteiger partial charge in [0.25, 0.3) is 0 Å². The Kier molecular flexibility index (Phi) is 4.58. The van der Waals surface area contributed by atoms with E-state index in [1.807, 2.05) is 60.7 Å². The van der Waals surface area contributed by atoms with Crippen molar-refractivity contribution in [3.05, 3.63) is 90.2 Å². The van der Waals surface area contributed by atoms with Crippen molar-refractivity contribution in [3.63, 3.8) is 0 Å². The summed E-state index contributed by atoms with van der Waals surface area (Å²) in [6.45, 7) is 2.37. The van der Waals surface area contributed by atoms with E-state index in [2.05, 4.69) is 30.3 Å². The van der Waals surface area contributed by atoms with Crippen LogP contribution in [0, 0.1) is 6.92 Å². The van der Waals surface area contributed by atoms with Crippen LogP contribution in [0.2, 0.25) is 0 Å². The number of para-hydroxylation sites is 2. The standard InChI is InChI=1S/C24H18N2O2S/c1-16-10-12-17(13-11-16)21-14-18(28-26-21)15-27-22-8-4-2-6-19(22)24-25-20-7-3-5-9-23(20)29-24/h2-14H,15H2,1H3.